The van der Waals surface area contributed by atoms with Crippen molar-refractivity contribution in [2.24, 2.45) is 0 Å². The molecule has 79 valence electrons. The number of hydrogen-bond donors (Lipinski definition) is 0. The van der Waals surface area contributed by atoms with E-state index in [0.717, 1.165) is 0 Å². The Kier molecular flexibility index (Phi) is 2.96. The molecular formula is C13H8FO2. The van der Waals surface area contributed by atoms with E-state index in [1.54, 1.807) is 30.3 Å². The molecule has 2 nitrogen and oxygen atoms in total. The van der Waals surface area contributed by atoms with E-state index in [-0.39, 0.29) is 11.3 Å². The van der Waals surface area contributed by atoms with Gasteiger partial charge in [0.05, 0.1) is 5.56 Å². The van der Waals surface area contributed by atoms with Crippen LogP contribution >= 0.6 is 0 Å². The van der Waals surface area contributed by atoms with Crippen LogP contribution < -0.4 is 4.74 Å². The first kappa shape index (κ1) is 10.4. The fraction of sp³-hybridized carbons (Fsp3) is 0. The van der Waals surface area contributed by atoms with Crippen LogP contribution in [0.5, 0.6) is 5.75 Å². The molecule has 0 aliphatic rings. The molecule has 2 rings (SSSR count). The summed E-state index contributed by atoms with van der Waals surface area (Å²) in [5.41, 5.74) is -0.0836. The number of hydrogen-bond acceptors (Lipinski definition) is 2. The molecular weight excluding hydrogens is 207 g/mol. The lowest BCUT2D eigenvalue weighted by Crippen LogP contribution is -2.10. The van der Waals surface area contributed by atoms with Gasteiger partial charge in [-0.3, -0.25) is 0 Å². The standard InChI is InChI=1S/C13H8FO2/c14-12-9-5-4-8-11(12)13(15)16-10-6-2-1-3-7-10/h1-6,8-9H. The maximum Gasteiger partial charge on any atom is 0.346 e. The predicted molar refractivity (Wildman–Crippen MR) is 56.6 cm³/mol. The Bertz CT molecular complexity index is 494. The van der Waals surface area contributed by atoms with Crippen molar-refractivity contribution in [3.05, 3.63) is 66.0 Å². The van der Waals surface area contributed by atoms with E-state index in [4.69, 9.17) is 4.74 Å². The van der Waals surface area contributed by atoms with E-state index in [2.05, 4.69) is 6.07 Å². The number of esters is 1. The highest BCUT2D eigenvalue weighted by molar-refractivity contribution is 5.91. The first-order valence-corrected chi connectivity index (χ1v) is 4.71. The first-order chi connectivity index (χ1) is 7.77. The topological polar surface area (TPSA) is 26.3 Å². The van der Waals surface area contributed by atoms with Gasteiger partial charge < -0.3 is 4.74 Å². The smallest absolute Gasteiger partial charge is 0.346 e. The van der Waals surface area contributed by atoms with Gasteiger partial charge in [0, 0.05) is 6.07 Å². The predicted octanol–water partition coefficient (Wildman–Crippen LogP) is 2.85. The summed E-state index contributed by atoms with van der Waals surface area (Å²) in [7, 11) is 0. The van der Waals surface area contributed by atoms with Crippen LogP contribution in [-0.2, 0) is 0 Å². The first-order valence-electron chi connectivity index (χ1n) is 4.71. The second kappa shape index (κ2) is 4.57. The summed E-state index contributed by atoms with van der Waals surface area (Å²) < 4.78 is 18.2. The summed E-state index contributed by atoms with van der Waals surface area (Å²) in [4.78, 5) is 11.6. The Morgan fingerprint density at radius 2 is 1.88 bits per heavy atom. The van der Waals surface area contributed by atoms with Crippen molar-refractivity contribution in [3.63, 3.8) is 0 Å². The van der Waals surface area contributed by atoms with Crippen molar-refractivity contribution < 1.29 is 13.9 Å². The van der Waals surface area contributed by atoms with Gasteiger partial charge in [0.1, 0.15) is 11.6 Å². The molecule has 0 spiro atoms. The lowest BCUT2D eigenvalue weighted by molar-refractivity contribution is 0.0729. The molecule has 0 aromatic heterocycles. The van der Waals surface area contributed by atoms with Crippen molar-refractivity contribution in [3.8, 4) is 5.75 Å². The summed E-state index contributed by atoms with van der Waals surface area (Å²) in [6.45, 7) is 0. The van der Waals surface area contributed by atoms with Crippen molar-refractivity contribution in [2.75, 3.05) is 0 Å². The molecule has 1 radical (unpaired) electrons. The minimum absolute atomic E-state index is 0.0836. The van der Waals surface area contributed by atoms with Gasteiger partial charge in [0.2, 0.25) is 0 Å². The Hall–Kier alpha value is -2.16. The molecule has 16 heavy (non-hydrogen) atoms. The Morgan fingerprint density at radius 3 is 2.56 bits per heavy atom. The summed E-state index contributed by atoms with van der Waals surface area (Å²) in [5, 5.41) is 0. The number of carbonyl (C=O) groups is 1. The average Bonchev–Trinajstić information content (AvgIpc) is 2.31. The number of rotatable bonds is 2. The van der Waals surface area contributed by atoms with E-state index in [9.17, 15) is 9.18 Å². The number of ether oxygens (including phenoxy) is 1. The Balaban J connectivity index is 2.19. The van der Waals surface area contributed by atoms with Crippen molar-refractivity contribution >= 4 is 5.97 Å². The largest absolute Gasteiger partial charge is 0.422 e. The lowest BCUT2D eigenvalue weighted by Gasteiger charge is -2.03. The fourth-order valence-electron chi connectivity index (χ4n) is 1.22. The highest BCUT2D eigenvalue weighted by Crippen LogP contribution is 2.13. The van der Waals surface area contributed by atoms with Crippen LogP contribution in [0.2, 0.25) is 0 Å². The summed E-state index contributed by atoms with van der Waals surface area (Å²) >= 11 is 0. The van der Waals surface area contributed by atoms with E-state index in [0.29, 0.717) is 0 Å². The van der Waals surface area contributed by atoms with Gasteiger partial charge in [0.15, 0.2) is 0 Å². The maximum absolute atomic E-state index is 13.2. The SMILES string of the molecule is O=C(Oc1[c]cccc1)c1ccccc1F. The van der Waals surface area contributed by atoms with Gasteiger partial charge in [-0.2, -0.15) is 0 Å². The second-order valence-corrected chi connectivity index (χ2v) is 3.10. The molecule has 2 aromatic rings. The third kappa shape index (κ3) is 2.25. The Labute approximate surface area is 92.3 Å². The molecule has 0 atom stereocenters. The third-order valence-electron chi connectivity index (χ3n) is 1.98. The number of benzene rings is 2. The highest BCUT2D eigenvalue weighted by Gasteiger charge is 2.12. The van der Waals surface area contributed by atoms with Crippen LogP contribution in [0.4, 0.5) is 4.39 Å². The van der Waals surface area contributed by atoms with Crippen LogP contribution in [0.15, 0.2) is 48.5 Å². The monoisotopic (exact) mass is 215 g/mol. The van der Waals surface area contributed by atoms with Crippen LogP contribution in [0.25, 0.3) is 0 Å². The fourth-order valence-corrected chi connectivity index (χ4v) is 1.22. The quantitative estimate of drug-likeness (QED) is 0.568. The maximum atomic E-state index is 13.2. The molecule has 0 fully saturated rings. The van der Waals surface area contributed by atoms with E-state index >= 15 is 0 Å². The Morgan fingerprint density at radius 1 is 1.12 bits per heavy atom. The molecule has 0 amide bonds. The zero-order valence-electron chi connectivity index (χ0n) is 8.31. The molecule has 0 bridgehead atoms. The van der Waals surface area contributed by atoms with E-state index in [1.165, 1.54) is 18.2 Å². The average molecular weight is 215 g/mol. The molecule has 0 N–H and O–H groups in total. The second-order valence-electron chi connectivity index (χ2n) is 3.10. The van der Waals surface area contributed by atoms with Gasteiger partial charge in [-0.1, -0.05) is 30.3 Å². The van der Waals surface area contributed by atoms with Gasteiger partial charge in [0.25, 0.3) is 0 Å². The molecule has 3 heteroatoms. The lowest BCUT2D eigenvalue weighted by atomic mass is 10.2. The van der Waals surface area contributed by atoms with E-state index < -0.39 is 11.8 Å². The number of carbonyl (C=O) groups excluding carboxylic acids is 1. The molecule has 0 aliphatic heterocycles. The van der Waals surface area contributed by atoms with Crippen LogP contribution in [0.3, 0.4) is 0 Å². The summed E-state index contributed by atoms with van der Waals surface area (Å²) in [6.07, 6.45) is 0. The number of para-hydroxylation sites is 1. The summed E-state index contributed by atoms with van der Waals surface area (Å²) in [6, 6.07) is 15.1. The van der Waals surface area contributed by atoms with Crippen molar-refractivity contribution in [1.82, 2.24) is 0 Å². The molecule has 0 saturated heterocycles. The molecule has 0 aliphatic carbocycles. The zero-order chi connectivity index (χ0) is 11.4. The minimum Gasteiger partial charge on any atom is -0.422 e. The van der Waals surface area contributed by atoms with Gasteiger partial charge >= 0.3 is 5.97 Å². The van der Waals surface area contributed by atoms with Crippen LogP contribution in [0.1, 0.15) is 10.4 Å². The van der Waals surface area contributed by atoms with E-state index in [1.807, 2.05) is 0 Å². The van der Waals surface area contributed by atoms with Crippen LogP contribution in [0, 0.1) is 11.9 Å². The molecule has 0 saturated carbocycles. The molecule has 2 aromatic carbocycles. The molecule has 0 heterocycles. The highest BCUT2D eigenvalue weighted by atomic mass is 19.1. The van der Waals surface area contributed by atoms with Crippen molar-refractivity contribution in [1.29, 1.82) is 0 Å². The summed E-state index contributed by atoms with van der Waals surface area (Å²) in [5.74, 6) is -1.04. The normalized spacial score (nSPS) is 9.81. The molecule has 0 unspecified atom stereocenters. The van der Waals surface area contributed by atoms with Gasteiger partial charge in [-0.15, -0.1) is 0 Å². The van der Waals surface area contributed by atoms with Crippen LogP contribution in [-0.4, -0.2) is 5.97 Å². The third-order valence-corrected chi connectivity index (χ3v) is 1.98. The van der Waals surface area contributed by atoms with Gasteiger partial charge in [-0.05, 0) is 18.2 Å². The van der Waals surface area contributed by atoms with Gasteiger partial charge in [-0.25, -0.2) is 9.18 Å². The minimum atomic E-state index is -0.722. The number of halogens is 1. The van der Waals surface area contributed by atoms with Crippen molar-refractivity contribution in [2.45, 2.75) is 0 Å². The zero-order valence-corrected chi connectivity index (χ0v) is 8.31.